The molecule has 0 amide bonds. The lowest BCUT2D eigenvalue weighted by Gasteiger charge is -2.44. The average Bonchev–Trinajstić information content (AvgIpc) is 3.67. The Balaban J connectivity index is 1.15. The van der Waals surface area contributed by atoms with Gasteiger partial charge in [-0.3, -0.25) is 0 Å². The maximum atomic E-state index is 2.52. The van der Waals surface area contributed by atoms with Gasteiger partial charge >= 0.3 is 0 Å². The lowest BCUT2D eigenvalue weighted by molar-refractivity contribution is 1.25. The van der Waals surface area contributed by atoms with E-state index < -0.39 is 0 Å². The van der Waals surface area contributed by atoms with Gasteiger partial charge in [-0.1, -0.05) is 158 Å². The van der Waals surface area contributed by atoms with Crippen LogP contribution in [-0.2, 0) is 0 Å². The molecule has 2 aliphatic rings. The van der Waals surface area contributed by atoms with Gasteiger partial charge in [-0.25, -0.2) is 0 Å². The Kier molecular flexibility index (Phi) is 7.10. The van der Waals surface area contributed by atoms with Gasteiger partial charge in [0.05, 0.1) is 16.6 Å². The summed E-state index contributed by atoms with van der Waals surface area (Å²) >= 11 is 0. The van der Waals surface area contributed by atoms with E-state index >= 15 is 0 Å². The van der Waals surface area contributed by atoms with E-state index in [0.29, 0.717) is 0 Å². The molecule has 0 aliphatic carbocycles. The molecule has 11 aromatic rings. The van der Waals surface area contributed by atoms with Crippen LogP contribution in [0.25, 0.3) is 60.3 Å². The second kappa shape index (κ2) is 12.8. The largest absolute Gasteiger partial charge is 0.311 e. The number of para-hydroxylation sites is 5. The van der Waals surface area contributed by atoms with Crippen LogP contribution in [0.1, 0.15) is 0 Å². The van der Waals surface area contributed by atoms with Crippen LogP contribution in [0, 0.1) is 0 Å². The van der Waals surface area contributed by atoms with Crippen LogP contribution in [-0.4, -0.2) is 11.1 Å². The molecular weight excluding hydrogens is 725 g/mol. The van der Waals surface area contributed by atoms with Crippen LogP contribution in [0.3, 0.4) is 0 Å². The fourth-order valence-corrected chi connectivity index (χ4v) is 10.5. The first kappa shape index (κ1) is 33.2. The van der Waals surface area contributed by atoms with Crippen molar-refractivity contribution < 1.29 is 0 Å². The molecule has 0 saturated heterocycles. The van der Waals surface area contributed by atoms with Gasteiger partial charge in [0.1, 0.15) is 0 Å². The Morgan fingerprint density at radius 2 is 0.833 bits per heavy atom. The van der Waals surface area contributed by atoms with Gasteiger partial charge in [-0.15, -0.1) is 0 Å². The molecule has 4 heterocycles. The van der Waals surface area contributed by atoms with Crippen molar-refractivity contribution in [3.63, 3.8) is 0 Å². The summed E-state index contributed by atoms with van der Waals surface area (Å²) in [4.78, 5) is 4.98. The highest BCUT2D eigenvalue weighted by atomic mass is 15.2. The van der Waals surface area contributed by atoms with Crippen molar-refractivity contribution in [2.75, 3.05) is 9.80 Å². The fourth-order valence-electron chi connectivity index (χ4n) is 10.5. The third kappa shape index (κ3) is 4.67. The van der Waals surface area contributed by atoms with E-state index in [0.717, 1.165) is 11.4 Å². The van der Waals surface area contributed by atoms with Crippen LogP contribution < -0.4 is 26.2 Å². The van der Waals surface area contributed by atoms with Gasteiger partial charge in [0, 0.05) is 55.8 Å². The van der Waals surface area contributed by atoms with Crippen molar-refractivity contribution in [1.82, 2.24) is 4.40 Å². The molecule has 2 aliphatic heterocycles. The average molecular weight is 762 g/mol. The molecule has 0 fully saturated rings. The van der Waals surface area contributed by atoms with Crippen molar-refractivity contribution in [3.8, 4) is 22.3 Å². The zero-order chi connectivity index (χ0) is 39.3. The van der Waals surface area contributed by atoms with Crippen LogP contribution in [0.4, 0.5) is 34.1 Å². The quantitative estimate of drug-likeness (QED) is 0.131. The number of hydrogen-bond acceptors (Lipinski definition) is 2. The number of aromatic nitrogens is 1. The van der Waals surface area contributed by atoms with Crippen LogP contribution in [0.5, 0.6) is 0 Å². The molecule has 0 radical (unpaired) electrons. The van der Waals surface area contributed by atoms with E-state index in [9.17, 15) is 0 Å². The summed E-state index contributed by atoms with van der Waals surface area (Å²) in [5.41, 5.74) is 19.6. The van der Waals surface area contributed by atoms with Crippen LogP contribution >= 0.6 is 0 Å². The molecule has 9 aromatic carbocycles. The van der Waals surface area contributed by atoms with E-state index in [1.807, 2.05) is 0 Å². The number of benzene rings is 9. The Morgan fingerprint density at radius 1 is 0.317 bits per heavy atom. The Morgan fingerprint density at radius 3 is 1.47 bits per heavy atom. The van der Waals surface area contributed by atoms with Gasteiger partial charge < -0.3 is 14.2 Å². The van der Waals surface area contributed by atoms with E-state index in [1.54, 1.807) is 0 Å². The summed E-state index contributed by atoms with van der Waals surface area (Å²) < 4.78 is 2.52. The van der Waals surface area contributed by atoms with Gasteiger partial charge in [-0.05, 0) is 99.1 Å². The van der Waals surface area contributed by atoms with Gasteiger partial charge in [0.15, 0.2) is 0 Å². The Bertz CT molecular complexity index is 3390. The Labute approximate surface area is 348 Å². The fraction of sp³-hybridized carbons (Fsp3) is 0. The summed E-state index contributed by atoms with van der Waals surface area (Å²) in [5.74, 6) is 0. The molecule has 4 heteroatoms. The zero-order valence-corrected chi connectivity index (χ0v) is 32.7. The van der Waals surface area contributed by atoms with Crippen molar-refractivity contribution in [1.29, 1.82) is 0 Å². The van der Waals surface area contributed by atoms with Gasteiger partial charge in [0.2, 0.25) is 0 Å². The van der Waals surface area contributed by atoms with Crippen LogP contribution in [0.15, 0.2) is 218 Å². The van der Waals surface area contributed by atoms with Gasteiger partial charge in [0.25, 0.3) is 6.71 Å². The highest BCUT2D eigenvalue weighted by molar-refractivity contribution is 7.00. The van der Waals surface area contributed by atoms with E-state index in [2.05, 4.69) is 233 Å². The predicted octanol–water partition coefficient (Wildman–Crippen LogP) is 12.8. The third-order valence-corrected chi connectivity index (χ3v) is 12.9. The first-order valence-electron chi connectivity index (χ1n) is 20.8. The molecule has 0 atom stereocenters. The molecule has 2 aromatic heterocycles. The minimum atomic E-state index is 0.0708. The summed E-state index contributed by atoms with van der Waals surface area (Å²) in [6.45, 7) is 0.0708. The summed E-state index contributed by atoms with van der Waals surface area (Å²) in [5, 5.41) is 5.02. The van der Waals surface area contributed by atoms with Crippen molar-refractivity contribution in [3.05, 3.63) is 218 Å². The number of anilines is 6. The maximum Gasteiger partial charge on any atom is 0.252 e. The molecule has 0 bridgehead atoms. The van der Waals surface area contributed by atoms with Crippen molar-refractivity contribution in [2.24, 2.45) is 0 Å². The molecule has 13 rings (SSSR count). The smallest absolute Gasteiger partial charge is 0.252 e. The zero-order valence-electron chi connectivity index (χ0n) is 32.7. The van der Waals surface area contributed by atoms with Crippen molar-refractivity contribution in [2.45, 2.75) is 0 Å². The minimum absolute atomic E-state index is 0.0708. The predicted molar refractivity (Wildman–Crippen MR) is 255 cm³/mol. The second-order valence-electron chi connectivity index (χ2n) is 16.0. The lowest BCUT2D eigenvalue weighted by Crippen LogP contribution is -2.61. The van der Waals surface area contributed by atoms with Crippen molar-refractivity contribution >= 4 is 95.3 Å². The number of nitrogens with zero attached hydrogens (tertiary/aromatic N) is 3. The van der Waals surface area contributed by atoms with E-state index in [-0.39, 0.29) is 6.71 Å². The summed E-state index contributed by atoms with van der Waals surface area (Å²) in [6, 6.07) is 80.5. The van der Waals surface area contributed by atoms with Crippen LogP contribution in [0.2, 0.25) is 0 Å². The minimum Gasteiger partial charge on any atom is -0.311 e. The summed E-state index contributed by atoms with van der Waals surface area (Å²) in [6.07, 6.45) is 0. The first-order valence-corrected chi connectivity index (χ1v) is 20.8. The van der Waals surface area contributed by atoms with Gasteiger partial charge in [-0.2, -0.15) is 0 Å². The molecule has 60 heavy (non-hydrogen) atoms. The maximum absolute atomic E-state index is 2.52. The van der Waals surface area contributed by atoms with E-state index in [4.69, 9.17) is 0 Å². The highest BCUT2D eigenvalue weighted by Crippen LogP contribution is 2.47. The number of pyridine rings is 1. The third-order valence-electron chi connectivity index (χ3n) is 12.9. The normalized spacial score (nSPS) is 12.9. The standard InChI is InChI=1S/C56H36BN3/c1-4-18-37(19-5-1)54-45-33-32-38(34-51(45)60-48-29-15-12-25-43(48)42-24-10-11-26-44(42)56(54)60)39-35-52-55-53(36-39)59(41-22-8-3-9-23-41)50-31-17-14-28-47(50)57(55)46-27-13-16-30-49(46)58(52)40-20-6-2-7-21-40/h1-36H. The molecule has 0 N–H and O–H groups in total. The lowest BCUT2D eigenvalue weighted by atomic mass is 9.33. The topological polar surface area (TPSA) is 10.9 Å². The monoisotopic (exact) mass is 761 g/mol. The second-order valence-corrected chi connectivity index (χ2v) is 16.0. The molecule has 3 nitrogen and oxygen atoms in total. The number of fused-ring (bicyclic) bond motifs is 12. The number of hydrogen-bond donors (Lipinski definition) is 0. The Hall–Kier alpha value is -7.82. The summed E-state index contributed by atoms with van der Waals surface area (Å²) in [7, 11) is 0. The number of rotatable bonds is 4. The molecule has 278 valence electrons. The first-order chi connectivity index (χ1) is 29.8. The van der Waals surface area contributed by atoms with E-state index in [1.165, 1.54) is 99.5 Å². The SMILES string of the molecule is c1ccc(-c2c3ccc(-c4cc5c6c(c4)N(c4ccccc4)c4ccccc4B6c4ccccc4N5c4ccccc4)cc3n3c4ccccc4c4ccccc4c23)cc1. The molecular formula is C56H36BN3. The molecule has 0 spiro atoms. The molecule has 0 unspecified atom stereocenters. The molecule has 0 saturated carbocycles. The highest BCUT2D eigenvalue weighted by Gasteiger charge is 2.43.